The largest absolute Gasteiger partial charge is 0.507 e. The molecule has 0 radical (unpaired) electrons. The molecule has 0 aromatic heterocycles. The zero-order chi connectivity index (χ0) is 16.3. The normalized spacial score (nSPS) is 10.1. The monoisotopic (exact) mass is 322 g/mol. The summed E-state index contributed by atoms with van der Waals surface area (Å²) >= 11 is 5.78. The fraction of sp³-hybridized carbons (Fsp3) is 0.0714. The van der Waals surface area contributed by atoms with E-state index in [4.69, 9.17) is 16.3 Å². The third-order valence-corrected chi connectivity index (χ3v) is 3.08. The van der Waals surface area contributed by atoms with Gasteiger partial charge in [-0.2, -0.15) is 0 Å². The van der Waals surface area contributed by atoms with Crippen molar-refractivity contribution in [2.75, 3.05) is 12.4 Å². The molecular formula is C14H11ClN2O5. The third-order valence-electron chi connectivity index (χ3n) is 2.85. The average molecular weight is 323 g/mol. The minimum absolute atomic E-state index is 0.0546. The molecule has 0 bridgehead atoms. The SMILES string of the molecule is COc1ccc([N+](=O)[O-])cc1NC(=O)c1cc(Cl)ccc1O. The van der Waals surface area contributed by atoms with Crippen LogP contribution in [0.2, 0.25) is 5.02 Å². The van der Waals surface area contributed by atoms with Gasteiger partial charge in [-0.15, -0.1) is 0 Å². The Labute approximate surface area is 130 Å². The van der Waals surface area contributed by atoms with Crippen molar-refractivity contribution < 1.29 is 19.6 Å². The summed E-state index contributed by atoms with van der Waals surface area (Å²) < 4.78 is 5.04. The van der Waals surface area contributed by atoms with Crippen LogP contribution in [0.25, 0.3) is 0 Å². The van der Waals surface area contributed by atoms with E-state index in [1.165, 1.54) is 43.5 Å². The highest BCUT2D eigenvalue weighted by atomic mass is 35.5. The molecule has 8 heteroatoms. The van der Waals surface area contributed by atoms with E-state index < -0.39 is 10.8 Å². The highest BCUT2D eigenvalue weighted by molar-refractivity contribution is 6.31. The van der Waals surface area contributed by atoms with Crippen LogP contribution in [0.4, 0.5) is 11.4 Å². The second-order valence-corrected chi connectivity index (χ2v) is 4.69. The van der Waals surface area contributed by atoms with Gasteiger partial charge in [0.1, 0.15) is 11.5 Å². The van der Waals surface area contributed by atoms with Crippen molar-refractivity contribution >= 4 is 28.9 Å². The molecule has 0 fully saturated rings. The first-order valence-corrected chi connectivity index (χ1v) is 6.42. The molecule has 0 spiro atoms. The number of halogens is 1. The number of phenolic OH excluding ortho intramolecular Hbond substituents is 1. The van der Waals surface area contributed by atoms with E-state index >= 15 is 0 Å². The zero-order valence-electron chi connectivity index (χ0n) is 11.4. The number of aromatic hydroxyl groups is 1. The number of nitro benzene ring substituents is 1. The lowest BCUT2D eigenvalue weighted by Crippen LogP contribution is -2.13. The Morgan fingerprint density at radius 2 is 2.05 bits per heavy atom. The van der Waals surface area contributed by atoms with Gasteiger partial charge < -0.3 is 15.2 Å². The fourth-order valence-electron chi connectivity index (χ4n) is 1.79. The van der Waals surface area contributed by atoms with E-state index in [0.29, 0.717) is 0 Å². The van der Waals surface area contributed by atoms with Gasteiger partial charge in [-0.05, 0) is 24.3 Å². The first kappa shape index (κ1) is 15.6. The van der Waals surface area contributed by atoms with Crippen molar-refractivity contribution in [1.29, 1.82) is 0 Å². The molecule has 0 atom stereocenters. The van der Waals surface area contributed by atoms with E-state index in [2.05, 4.69) is 5.32 Å². The maximum absolute atomic E-state index is 12.2. The maximum Gasteiger partial charge on any atom is 0.271 e. The van der Waals surface area contributed by atoms with Gasteiger partial charge in [-0.3, -0.25) is 14.9 Å². The van der Waals surface area contributed by atoms with Crippen molar-refractivity contribution in [3.63, 3.8) is 0 Å². The van der Waals surface area contributed by atoms with Gasteiger partial charge >= 0.3 is 0 Å². The second kappa shape index (κ2) is 6.31. The van der Waals surface area contributed by atoms with Crippen molar-refractivity contribution in [2.45, 2.75) is 0 Å². The number of methoxy groups -OCH3 is 1. The highest BCUT2D eigenvalue weighted by Gasteiger charge is 2.17. The third kappa shape index (κ3) is 3.26. The summed E-state index contributed by atoms with van der Waals surface area (Å²) in [5.74, 6) is -0.675. The zero-order valence-corrected chi connectivity index (χ0v) is 12.1. The number of non-ortho nitro benzene ring substituents is 1. The molecule has 2 N–H and O–H groups in total. The molecule has 2 aromatic rings. The van der Waals surface area contributed by atoms with E-state index in [-0.39, 0.29) is 33.5 Å². The van der Waals surface area contributed by atoms with Crippen molar-refractivity contribution in [1.82, 2.24) is 0 Å². The molecule has 22 heavy (non-hydrogen) atoms. The number of rotatable bonds is 4. The highest BCUT2D eigenvalue weighted by Crippen LogP contribution is 2.30. The number of carbonyl (C=O) groups is 1. The number of ether oxygens (including phenoxy) is 1. The van der Waals surface area contributed by atoms with Crippen molar-refractivity contribution in [3.8, 4) is 11.5 Å². The topological polar surface area (TPSA) is 102 Å². The Balaban J connectivity index is 2.36. The van der Waals surface area contributed by atoms with E-state index in [0.717, 1.165) is 0 Å². The molecule has 2 rings (SSSR count). The number of amides is 1. The molecule has 1 amide bonds. The van der Waals surface area contributed by atoms with E-state index in [9.17, 15) is 20.0 Å². The molecule has 114 valence electrons. The van der Waals surface area contributed by atoms with Crippen LogP contribution >= 0.6 is 11.6 Å². The molecule has 0 unspecified atom stereocenters. The minimum atomic E-state index is -0.668. The molecule has 0 aliphatic carbocycles. The lowest BCUT2D eigenvalue weighted by molar-refractivity contribution is -0.384. The van der Waals surface area contributed by atoms with Crippen LogP contribution in [0, 0.1) is 10.1 Å². The van der Waals surface area contributed by atoms with Gasteiger partial charge in [-0.1, -0.05) is 11.6 Å². The first-order chi connectivity index (χ1) is 10.4. The number of hydrogen-bond donors (Lipinski definition) is 2. The number of benzene rings is 2. The summed E-state index contributed by atoms with van der Waals surface area (Å²) in [4.78, 5) is 22.4. The van der Waals surface area contributed by atoms with Crippen LogP contribution in [-0.2, 0) is 0 Å². The summed E-state index contributed by atoms with van der Waals surface area (Å²) in [5, 5.41) is 23.2. The van der Waals surface area contributed by atoms with Gasteiger partial charge in [0.15, 0.2) is 0 Å². The van der Waals surface area contributed by atoms with Crippen LogP contribution in [-0.4, -0.2) is 23.0 Å². The molecule has 0 aliphatic rings. The van der Waals surface area contributed by atoms with Crippen LogP contribution in [0.15, 0.2) is 36.4 Å². The summed E-state index contributed by atoms with van der Waals surface area (Å²) in [5.41, 5.74) is -0.145. The molecule has 0 heterocycles. The maximum atomic E-state index is 12.2. The second-order valence-electron chi connectivity index (χ2n) is 4.26. The number of phenols is 1. The van der Waals surface area contributed by atoms with Gasteiger partial charge in [0.2, 0.25) is 0 Å². The Hall–Kier alpha value is -2.80. The summed E-state index contributed by atoms with van der Waals surface area (Å²) in [6, 6.07) is 7.79. The van der Waals surface area contributed by atoms with Gasteiger partial charge in [0, 0.05) is 17.2 Å². The summed E-state index contributed by atoms with van der Waals surface area (Å²) in [6.07, 6.45) is 0. The minimum Gasteiger partial charge on any atom is -0.507 e. The summed E-state index contributed by atoms with van der Waals surface area (Å²) in [6.45, 7) is 0. The van der Waals surface area contributed by atoms with Crippen LogP contribution in [0.5, 0.6) is 11.5 Å². The average Bonchev–Trinajstić information content (AvgIpc) is 2.49. The van der Waals surface area contributed by atoms with E-state index in [1.807, 2.05) is 0 Å². The fourth-order valence-corrected chi connectivity index (χ4v) is 1.96. The number of nitrogens with zero attached hydrogens (tertiary/aromatic N) is 1. The molecule has 0 saturated heterocycles. The van der Waals surface area contributed by atoms with Gasteiger partial charge in [0.25, 0.3) is 11.6 Å². The Morgan fingerprint density at radius 3 is 2.68 bits per heavy atom. The number of nitro groups is 1. The molecule has 0 aliphatic heterocycles. The van der Waals surface area contributed by atoms with Crippen molar-refractivity contribution in [2.24, 2.45) is 0 Å². The lowest BCUT2D eigenvalue weighted by atomic mass is 10.1. The Morgan fingerprint density at radius 1 is 1.32 bits per heavy atom. The number of hydrogen-bond acceptors (Lipinski definition) is 5. The Kier molecular flexibility index (Phi) is 4.47. The first-order valence-electron chi connectivity index (χ1n) is 6.04. The van der Waals surface area contributed by atoms with Crippen LogP contribution < -0.4 is 10.1 Å². The van der Waals surface area contributed by atoms with Gasteiger partial charge in [-0.25, -0.2) is 0 Å². The lowest BCUT2D eigenvalue weighted by Gasteiger charge is -2.11. The number of nitrogens with one attached hydrogen (secondary N) is 1. The quantitative estimate of drug-likeness (QED) is 0.664. The van der Waals surface area contributed by atoms with Gasteiger partial charge in [0.05, 0.1) is 23.3 Å². The summed E-state index contributed by atoms with van der Waals surface area (Å²) in [7, 11) is 1.37. The standard InChI is InChI=1S/C14H11ClN2O5/c1-22-13-5-3-9(17(20)21)7-11(13)16-14(19)10-6-8(15)2-4-12(10)18/h2-7,18H,1H3,(H,16,19). The molecule has 0 saturated carbocycles. The molecule has 2 aromatic carbocycles. The predicted molar refractivity (Wildman–Crippen MR) is 80.7 cm³/mol. The van der Waals surface area contributed by atoms with Crippen LogP contribution in [0.1, 0.15) is 10.4 Å². The smallest absolute Gasteiger partial charge is 0.271 e. The van der Waals surface area contributed by atoms with Crippen LogP contribution in [0.3, 0.4) is 0 Å². The predicted octanol–water partition coefficient (Wildman–Crippen LogP) is 3.21. The van der Waals surface area contributed by atoms with Crippen molar-refractivity contribution in [3.05, 3.63) is 57.1 Å². The molecular weight excluding hydrogens is 312 g/mol. The molecule has 7 nitrogen and oxygen atoms in total. The number of anilines is 1. The van der Waals surface area contributed by atoms with E-state index in [1.54, 1.807) is 0 Å². The number of carbonyl (C=O) groups excluding carboxylic acids is 1. The Bertz CT molecular complexity index is 748.